The third-order valence-corrected chi connectivity index (χ3v) is 5.74. The number of aryl methyl sites for hydroxylation is 1. The molecule has 0 aliphatic heterocycles. The Labute approximate surface area is 205 Å². The van der Waals surface area contributed by atoms with Crippen LogP contribution in [0, 0.1) is 12.7 Å². The summed E-state index contributed by atoms with van der Waals surface area (Å²) in [4.78, 5) is 18.7. The van der Waals surface area contributed by atoms with E-state index in [4.69, 9.17) is 0 Å². The van der Waals surface area contributed by atoms with Crippen LogP contribution >= 0.6 is 0 Å². The number of hydrogen-bond donors (Lipinski definition) is 3. The highest BCUT2D eigenvalue weighted by Gasteiger charge is 2.39. The van der Waals surface area contributed by atoms with Crippen LogP contribution < -0.4 is 10.6 Å². The molecule has 0 aliphatic rings. The monoisotopic (exact) mass is 500 g/mol. The zero-order valence-corrected chi connectivity index (χ0v) is 20.1. The summed E-state index contributed by atoms with van der Waals surface area (Å²) in [6.45, 7) is 8.12. The van der Waals surface area contributed by atoms with Gasteiger partial charge in [-0.2, -0.15) is 13.9 Å². The molecule has 0 fully saturated rings. The van der Waals surface area contributed by atoms with Crippen LogP contribution in [0.5, 0.6) is 0 Å². The molecule has 0 radical (unpaired) electrons. The van der Waals surface area contributed by atoms with Crippen molar-refractivity contribution in [1.29, 1.82) is 0 Å². The Morgan fingerprint density at radius 3 is 2.53 bits per heavy atom. The first kappa shape index (κ1) is 25.2. The van der Waals surface area contributed by atoms with Crippen LogP contribution in [-0.2, 0) is 10.7 Å². The molecule has 0 bridgehead atoms. The van der Waals surface area contributed by atoms with Gasteiger partial charge in [-0.3, -0.25) is 9.89 Å². The van der Waals surface area contributed by atoms with Gasteiger partial charge < -0.3 is 15.5 Å². The van der Waals surface area contributed by atoms with Gasteiger partial charge in [0.1, 0.15) is 11.3 Å². The number of alkyl halides is 2. The Morgan fingerprint density at radius 1 is 1.17 bits per heavy atom. The second-order valence-electron chi connectivity index (χ2n) is 8.31. The Kier molecular flexibility index (Phi) is 7.25. The van der Waals surface area contributed by atoms with Gasteiger partial charge in [-0.25, -0.2) is 13.9 Å². The first-order valence-electron chi connectivity index (χ1n) is 11.6. The molecule has 0 atom stereocenters. The van der Waals surface area contributed by atoms with Crippen LogP contribution in [0.15, 0.2) is 42.6 Å². The number of fused-ring (bicyclic) bond motifs is 1. The van der Waals surface area contributed by atoms with E-state index in [-0.39, 0.29) is 18.1 Å². The van der Waals surface area contributed by atoms with Crippen molar-refractivity contribution in [2.24, 2.45) is 0 Å². The Morgan fingerprint density at radius 2 is 1.89 bits per heavy atom. The van der Waals surface area contributed by atoms with E-state index >= 15 is 8.78 Å². The number of hydrogen-bond acceptors (Lipinski definition) is 6. The van der Waals surface area contributed by atoms with Gasteiger partial charge >= 0.3 is 5.92 Å². The summed E-state index contributed by atoms with van der Waals surface area (Å²) in [6.07, 6.45) is 1.72. The van der Waals surface area contributed by atoms with E-state index in [0.29, 0.717) is 23.6 Å². The molecule has 3 N–H and O–H groups in total. The number of nitrogens with zero attached hydrogens (tertiary/aromatic N) is 5. The molecule has 4 aromatic rings. The van der Waals surface area contributed by atoms with Crippen molar-refractivity contribution < 1.29 is 18.0 Å². The van der Waals surface area contributed by atoms with Crippen molar-refractivity contribution in [2.45, 2.75) is 33.1 Å². The second kappa shape index (κ2) is 10.4. The number of amides is 1. The largest absolute Gasteiger partial charge is 0.333 e. The average molecular weight is 501 g/mol. The van der Waals surface area contributed by atoms with Gasteiger partial charge in [0.15, 0.2) is 11.6 Å². The standard InChI is InChI=1S/C24H27F3N8O/c1-4-34(5-2)11-10-21(36)28-18-13-19-22(29-20-12-15(3)31-32-20)30-23(33-35(19)14-18)24(26,27)16-6-8-17(25)9-7-16/h6-9,12-14H,4-5,10-11H2,1-3H3,(H,28,36)(H2,29,30,31,32,33). The number of carbonyl (C=O) groups excluding carboxylic acids is 1. The molecule has 4 rings (SSSR count). The lowest BCUT2D eigenvalue weighted by Crippen LogP contribution is -2.27. The molecule has 0 saturated heterocycles. The molecule has 1 aromatic carbocycles. The number of H-pyrrole nitrogens is 1. The lowest BCUT2D eigenvalue weighted by atomic mass is 10.1. The van der Waals surface area contributed by atoms with Gasteiger partial charge in [-0.1, -0.05) is 13.8 Å². The Bertz CT molecular complexity index is 1350. The van der Waals surface area contributed by atoms with Gasteiger partial charge in [0.2, 0.25) is 11.7 Å². The highest BCUT2D eigenvalue weighted by molar-refractivity contribution is 5.92. The first-order valence-corrected chi connectivity index (χ1v) is 11.6. The van der Waals surface area contributed by atoms with E-state index in [2.05, 4.69) is 35.8 Å². The molecule has 0 unspecified atom stereocenters. The number of rotatable bonds is 10. The number of anilines is 3. The van der Waals surface area contributed by atoms with E-state index < -0.39 is 23.1 Å². The van der Waals surface area contributed by atoms with Gasteiger partial charge in [0.25, 0.3) is 0 Å². The van der Waals surface area contributed by atoms with Crippen molar-refractivity contribution in [3.8, 4) is 0 Å². The summed E-state index contributed by atoms with van der Waals surface area (Å²) in [5.41, 5.74) is 1.04. The maximum absolute atomic E-state index is 15.3. The Hall–Kier alpha value is -3.93. The fraction of sp³-hybridized carbons (Fsp3) is 0.333. The first-order chi connectivity index (χ1) is 17.2. The molecule has 12 heteroatoms. The third kappa shape index (κ3) is 5.48. The Balaban J connectivity index is 1.69. The lowest BCUT2D eigenvalue weighted by molar-refractivity contribution is -0.116. The lowest BCUT2D eigenvalue weighted by Gasteiger charge is -2.17. The third-order valence-electron chi connectivity index (χ3n) is 5.74. The number of nitrogens with one attached hydrogen (secondary N) is 3. The smallest absolute Gasteiger partial charge is 0.325 e. The SMILES string of the molecule is CCN(CC)CCC(=O)Nc1cc2c(Nc3cc(C)[nH]n3)nc(C(F)(F)c3ccc(F)cc3)nn2c1. The second-order valence-corrected chi connectivity index (χ2v) is 8.31. The van der Waals surface area contributed by atoms with Crippen molar-refractivity contribution in [2.75, 3.05) is 30.3 Å². The number of aromatic amines is 1. The zero-order valence-electron chi connectivity index (χ0n) is 20.1. The summed E-state index contributed by atoms with van der Waals surface area (Å²) in [6, 6.07) is 7.17. The summed E-state index contributed by atoms with van der Waals surface area (Å²) in [5, 5.41) is 16.6. The van der Waals surface area contributed by atoms with Crippen LogP contribution in [0.3, 0.4) is 0 Å². The minimum Gasteiger partial charge on any atom is -0.325 e. The topological polar surface area (TPSA) is 103 Å². The van der Waals surface area contributed by atoms with Gasteiger partial charge in [-0.15, -0.1) is 5.10 Å². The molecule has 190 valence electrons. The fourth-order valence-corrected chi connectivity index (χ4v) is 3.71. The summed E-state index contributed by atoms with van der Waals surface area (Å²) >= 11 is 0. The van der Waals surface area contributed by atoms with Crippen molar-refractivity contribution in [3.05, 3.63) is 65.5 Å². The van der Waals surface area contributed by atoms with Crippen LogP contribution in [0.25, 0.3) is 5.52 Å². The van der Waals surface area contributed by atoms with E-state index in [1.165, 1.54) is 10.7 Å². The van der Waals surface area contributed by atoms with Crippen LogP contribution in [0.2, 0.25) is 0 Å². The van der Waals surface area contributed by atoms with Crippen LogP contribution in [0.1, 0.15) is 37.4 Å². The minimum absolute atomic E-state index is 0.0666. The predicted octanol–water partition coefficient (Wildman–Crippen LogP) is 4.45. The molecule has 3 heterocycles. The maximum atomic E-state index is 15.3. The number of benzene rings is 1. The molecule has 0 aliphatic carbocycles. The number of halogens is 3. The van der Waals surface area contributed by atoms with Crippen molar-refractivity contribution >= 4 is 28.7 Å². The van der Waals surface area contributed by atoms with E-state index in [0.717, 1.165) is 43.0 Å². The fourth-order valence-electron chi connectivity index (χ4n) is 3.71. The van der Waals surface area contributed by atoms with Crippen molar-refractivity contribution in [3.63, 3.8) is 0 Å². The average Bonchev–Trinajstić information content (AvgIpc) is 3.45. The van der Waals surface area contributed by atoms with E-state index in [1.807, 2.05) is 13.8 Å². The highest BCUT2D eigenvalue weighted by Crippen LogP contribution is 2.35. The molecular formula is C24H27F3N8O. The quantitative estimate of drug-likeness (QED) is 0.297. The molecule has 1 amide bonds. The normalized spacial score (nSPS) is 11.9. The maximum Gasteiger partial charge on any atom is 0.333 e. The van der Waals surface area contributed by atoms with Gasteiger partial charge in [-0.05, 0) is 50.3 Å². The van der Waals surface area contributed by atoms with E-state index in [9.17, 15) is 9.18 Å². The van der Waals surface area contributed by atoms with Gasteiger partial charge in [0.05, 0.1) is 11.9 Å². The van der Waals surface area contributed by atoms with Crippen molar-refractivity contribution in [1.82, 2.24) is 29.7 Å². The molecule has 9 nitrogen and oxygen atoms in total. The summed E-state index contributed by atoms with van der Waals surface area (Å²) in [7, 11) is 0. The molecule has 0 spiro atoms. The highest BCUT2D eigenvalue weighted by atomic mass is 19.3. The minimum atomic E-state index is -3.61. The predicted molar refractivity (Wildman–Crippen MR) is 130 cm³/mol. The van der Waals surface area contributed by atoms with Gasteiger partial charge in [0, 0.05) is 30.3 Å². The number of aromatic nitrogens is 5. The molecule has 36 heavy (non-hydrogen) atoms. The van der Waals surface area contributed by atoms with Crippen LogP contribution in [-0.4, -0.2) is 55.2 Å². The van der Waals surface area contributed by atoms with Crippen LogP contribution in [0.4, 0.5) is 30.5 Å². The number of carbonyl (C=O) groups is 1. The zero-order chi connectivity index (χ0) is 25.9. The molecule has 0 saturated carbocycles. The molecular weight excluding hydrogens is 473 g/mol. The van der Waals surface area contributed by atoms with E-state index in [1.54, 1.807) is 19.1 Å². The summed E-state index contributed by atoms with van der Waals surface area (Å²) in [5.74, 6) is -4.82. The summed E-state index contributed by atoms with van der Waals surface area (Å²) < 4.78 is 45.2. The molecule has 3 aromatic heterocycles.